The van der Waals surface area contributed by atoms with E-state index in [-0.39, 0.29) is 17.9 Å². The van der Waals surface area contributed by atoms with Crippen molar-refractivity contribution in [2.75, 3.05) is 0 Å². The molecule has 0 spiro atoms. The van der Waals surface area contributed by atoms with Crippen molar-refractivity contribution in [3.63, 3.8) is 0 Å². The summed E-state index contributed by atoms with van der Waals surface area (Å²) in [6.45, 7) is 7.16. The van der Waals surface area contributed by atoms with Crippen LogP contribution in [0.5, 0.6) is 0 Å². The van der Waals surface area contributed by atoms with E-state index in [1.54, 1.807) is 0 Å². The highest BCUT2D eigenvalue weighted by Gasteiger charge is 2.63. The third kappa shape index (κ3) is 2.98. The zero-order valence-electron chi connectivity index (χ0n) is 17.6. The van der Waals surface area contributed by atoms with Crippen LogP contribution in [-0.2, 0) is 4.79 Å². The fraction of sp³-hybridized carbons (Fsp3) is 0.958. The van der Waals surface area contributed by atoms with Gasteiger partial charge in [-0.15, -0.1) is 0 Å². The van der Waals surface area contributed by atoms with Crippen LogP contribution in [0.4, 0.5) is 0 Å². The molecule has 4 fully saturated rings. The van der Waals surface area contributed by atoms with Crippen molar-refractivity contribution in [2.24, 2.45) is 46.3 Å². The Bertz CT molecular complexity index is 574. The molecular formula is C24H40O3. The lowest BCUT2D eigenvalue weighted by molar-refractivity contribution is -0.168. The molecule has 0 amide bonds. The quantitative estimate of drug-likeness (QED) is 0.680. The van der Waals surface area contributed by atoms with Gasteiger partial charge in [0.15, 0.2) is 0 Å². The Kier molecular flexibility index (Phi) is 5.15. The molecule has 0 heterocycles. The maximum absolute atomic E-state index is 11.5. The van der Waals surface area contributed by atoms with Crippen molar-refractivity contribution in [1.29, 1.82) is 0 Å². The van der Waals surface area contributed by atoms with Gasteiger partial charge in [-0.1, -0.05) is 33.6 Å². The van der Waals surface area contributed by atoms with E-state index in [2.05, 4.69) is 20.8 Å². The molecule has 3 heteroatoms. The maximum Gasteiger partial charge on any atom is 0.303 e. The highest BCUT2D eigenvalue weighted by Crippen LogP contribution is 2.68. The van der Waals surface area contributed by atoms with Gasteiger partial charge in [-0.2, -0.15) is 0 Å². The van der Waals surface area contributed by atoms with Crippen LogP contribution in [0, 0.1) is 46.3 Å². The summed E-state index contributed by atoms with van der Waals surface area (Å²) in [6, 6.07) is 0. The van der Waals surface area contributed by atoms with E-state index in [1.807, 2.05) is 0 Å². The fourth-order valence-corrected chi connectivity index (χ4v) is 8.77. The Labute approximate surface area is 165 Å². The Morgan fingerprint density at radius 2 is 1.85 bits per heavy atom. The Balaban J connectivity index is 1.57. The van der Waals surface area contributed by atoms with Crippen LogP contribution >= 0.6 is 0 Å². The summed E-state index contributed by atoms with van der Waals surface area (Å²) < 4.78 is 0. The predicted molar refractivity (Wildman–Crippen MR) is 107 cm³/mol. The van der Waals surface area contributed by atoms with Gasteiger partial charge >= 0.3 is 5.97 Å². The van der Waals surface area contributed by atoms with Crippen LogP contribution in [0.25, 0.3) is 0 Å². The molecule has 0 aromatic carbocycles. The SMILES string of the molecule is C[C@@H](CCC(=O)O)[C@H]1CC[C@H]2[C@H]3CC[C@@H]4CCCC[C@]4(C)[C@@H]3C[C@H](O)[C@]12C. The highest BCUT2D eigenvalue weighted by molar-refractivity contribution is 5.66. The van der Waals surface area contributed by atoms with E-state index >= 15 is 0 Å². The number of aliphatic hydroxyl groups is 1. The molecule has 4 rings (SSSR count). The van der Waals surface area contributed by atoms with Gasteiger partial charge in [-0.3, -0.25) is 4.79 Å². The maximum atomic E-state index is 11.5. The first kappa shape index (κ1) is 19.7. The van der Waals surface area contributed by atoms with Gasteiger partial charge in [0, 0.05) is 6.42 Å². The largest absolute Gasteiger partial charge is 0.481 e. The van der Waals surface area contributed by atoms with E-state index in [0.29, 0.717) is 29.1 Å². The summed E-state index contributed by atoms with van der Waals surface area (Å²) in [7, 11) is 0. The smallest absolute Gasteiger partial charge is 0.303 e. The summed E-state index contributed by atoms with van der Waals surface area (Å²) in [5.74, 6) is 3.21. The van der Waals surface area contributed by atoms with E-state index < -0.39 is 5.97 Å². The molecule has 4 aliphatic rings. The predicted octanol–water partition coefficient (Wildman–Crippen LogP) is 5.51. The molecule has 9 atom stereocenters. The number of hydrogen-bond donors (Lipinski definition) is 2. The van der Waals surface area contributed by atoms with Crippen molar-refractivity contribution in [2.45, 2.75) is 97.5 Å². The molecule has 0 aliphatic heterocycles. The Morgan fingerprint density at radius 3 is 2.59 bits per heavy atom. The number of rotatable bonds is 4. The lowest BCUT2D eigenvalue weighted by atomic mass is 9.44. The number of hydrogen-bond acceptors (Lipinski definition) is 2. The normalized spacial score (nSPS) is 50.4. The van der Waals surface area contributed by atoms with Gasteiger partial charge in [0.05, 0.1) is 6.10 Å². The lowest BCUT2D eigenvalue weighted by Crippen LogP contribution is -2.58. The third-order valence-corrected chi connectivity index (χ3v) is 10.3. The molecule has 0 radical (unpaired) electrons. The molecule has 4 aliphatic carbocycles. The number of carboxylic acids is 1. The second kappa shape index (κ2) is 7.04. The summed E-state index contributed by atoms with van der Waals surface area (Å²) >= 11 is 0. The second-order valence-electron chi connectivity index (χ2n) is 11.1. The number of carboxylic acid groups (broad SMARTS) is 1. The summed E-state index contributed by atoms with van der Waals surface area (Å²) in [5.41, 5.74) is 0.452. The van der Waals surface area contributed by atoms with Crippen LogP contribution in [0.1, 0.15) is 91.4 Å². The van der Waals surface area contributed by atoms with Gasteiger partial charge in [-0.25, -0.2) is 0 Å². The van der Waals surface area contributed by atoms with Crippen LogP contribution < -0.4 is 0 Å². The molecule has 154 valence electrons. The van der Waals surface area contributed by atoms with Gasteiger partial charge < -0.3 is 10.2 Å². The molecule has 3 nitrogen and oxygen atoms in total. The first-order valence-electron chi connectivity index (χ1n) is 11.7. The van der Waals surface area contributed by atoms with E-state index in [4.69, 9.17) is 5.11 Å². The van der Waals surface area contributed by atoms with Crippen LogP contribution in [-0.4, -0.2) is 22.3 Å². The molecule has 0 saturated heterocycles. The summed E-state index contributed by atoms with van der Waals surface area (Å²) in [6.07, 6.45) is 12.6. The minimum atomic E-state index is -0.686. The molecule has 0 unspecified atom stereocenters. The molecule has 0 aromatic heterocycles. The van der Waals surface area contributed by atoms with Crippen LogP contribution in [0.15, 0.2) is 0 Å². The minimum absolute atomic E-state index is 0.00303. The molecule has 0 bridgehead atoms. The summed E-state index contributed by atoms with van der Waals surface area (Å²) in [5, 5.41) is 20.6. The fourth-order valence-electron chi connectivity index (χ4n) is 8.77. The molecule has 4 saturated carbocycles. The first-order valence-corrected chi connectivity index (χ1v) is 11.7. The molecule has 2 N–H and O–H groups in total. The van der Waals surface area contributed by atoms with Gasteiger partial charge in [0.1, 0.15) is 0 Å². The lowest BCUT2D eigenvalue weighted by Gasteiger charge is -2.62. The Hall–Kier alpha value is -0.570. The van der Waals surface area contributed by atoms with E-state index in [0.717, 1.165) is 24.7 Å². The Morgan fingerprint density at radius 1 is 1.07 bits per heavy atom. The van der Waals surface area contributed by atoms with Crippen molar-refractivity contribution in [3.8, 4) is 0 Å². The van der Waals surface area contributed by atoms with Crippen LogP contribution in [0.3, 0.4) is 0 Å². The van der Waals surface area contributed by atoms with Gasteiger partial charge in [0.2, 0.25) is 0 Å². The highest BCUT2D eigenvalue weighted by atomic mass is 16.4. The van der Waals surface area contributed by atoms with E-state index in [1.165, 1.54) is 51.4 Å². The molecule has 27 heavy (non-hydrogen) atoms. The first-order chi connectivity index (χ1) is 12.8. The number of carbonyl (C=O) groups is 1. The average Bonchev–Trinajstić information content (AvgIpc) is 2.99. The number of aliphatic hydroxyl groups excluding tert-OH is 1. The van der Waals surface area contributed by atoms with Gasteiger partial charge in [-0.05, 0) is 97.7 Å². The topological polar surface area (TPSA) is 57.5 Å². The third-order valence-electron chi connectivity index (χ3n) is 10.3. The van der Waals surface area contributed by atoms with Crippen molar-refractivity contribution < 1.29 is 15.0 Å². The number of fused-ring (bicyclic) bond motifs is 5. The average molecular weight is 377 g/mol. The molecular weight excluding hydrogens is 336 g/mol. The minimum Gasteiger partial charge on any atom is -0.481 e. The van der Waals surface area contributed by atoms with Crippen molar-refractivity contribution in [1.82, 2.24) is 0 Å². The zero-order valence-corrected chi connectivity index (χ0v) is 17.6. The number of aliphatic carboxylic acids is 1. The second-order valence-corrected chi connectivity index (χ2v) is 11.1. The van der Waals surface area contributed by atoms with Crippen LogP contribution in [0.2, 0.25) is 0 Å². The summed E-state index contributed by atoms with van der Waals surface area (Å²) in [4.78, 5) is 11.1. The molecule has 0 aromatic rings. The van der Waals surface area contributed by atoms with Crippen molar-refractivity contribution >= 4 is 5.97 Å². The van der Waals surface area contributed by atoms with Crippen molar-refractivity contribution in [3.05, 3.63) is 0 Å². The van der Waals surface area contributed by atoms with Gasteiger partial charge in [0.25, 0.3) is 0 Å². The van der Waals surface area contributed by atoms with E-state index in [9.17, 15) is 9.90 Å². The standard InChI is InChI=1S/C24H40O3/c1-15(7-12-22(26)27)18-10-11-19-17-9-8-16-6-4-5-13-23(16,2)20(17)14-21(25)24(18,19)3/h15-21,25H,4-14H2,1-3H3,(H,26,27)/t15-,16-,17+,18+,19-,20+,21-,23-,24+/m0/s1. The monoisotopic (exact) mass is 376 g/mol. The zero-order chi connectivity index (χ0) is 19.4.